The average Bonchev–Trinajstić information content (AvgIpc) is 3.46. The molecular weight excluding hydrogens is 517 g/mol. The van der Waals surface area contributed by atoms with E-state index in [-0.39, 0.29) is 17.1 Å². The van der Waals surface area contributed by atoms with E-state index in [1.807, 2.05) is 4.90 Å². The second-order valence-corrected chi connectivity index (χ2v) is 8.15. The lowest BCUT2D eigenvalue weighted by atomic mass is 10.2. The summed E-state index contributed by atoms with van der Waals surface area (Å²) in [5.41, 5.74) is 5.49. The maximum Gasteiger partial charge on any atom is 0.490 e. The molecule has 2 aromatic rings. The number of nitrogens with one attached hydrogen (secondary N) is 1. The first-order chi connectivity index (χ1) is 16.8. The van der Waals surface area contributed by atoms with E-state index in [1.165, 1.54) is 23.5 Å². The van der Waals surface area contributed by atoms with Crippen LogP contribution in [0.1, 0.15) is 33.0 Å². The molecule has 1 saturated heterocycles. The fourth-order valence-electron chi connectivity index (χ4n) is 2.97. The molecule has 1 aliphatic heterocycles. The number of nitrogen functional groups attached to an aromatic ring is 1. The molecule has 3 rings (SSSR count). The third kappa shape index (κ3) is 8.88. The number of thiophene rings is 1. The largest absolute Gasteiger partial charge is 0.490 e. The molecule has 0 radical (unpaired) electrons. The number of benzene rings is 1. The maximum absolute atomic E-state index is 14.0. The molecule has 9 nitrogen and oxygen atoms in total. The van der Waals surface area contributed by atoms with E-state index >= 15 is 0 Å². The average molecular weight is 539 g/mol. The predicted molar refractivity (Wildman–Crippen MR) is 118 cm³/mol. The van der Waals surface area contributed by atoms with E-state index in [1.54, 1.807) is 12.1 Å². The van der Waals surface area contributed by atoms with Crippen LogP contribution in [-0.4, -0.2) is 64.8 Å². The number of ether oxygens (including phenoxy) is 1. The second kappa shape index (κ2) is 13.5. The second-order valence-electron chi connectivity index (χ2n) is 6.98. The van der Waals surface area contributed by atoms with Gasteiger partial charge in [0.25, 0.3) is 0 Å². The minimum absolute atomic E-state index is 0.198. The van der Waals surface area contributed by atoms with Gasteiger partial charge in [0.2, 0.25) is 0 Å². The van der Waals surface area contributed by atoms with Crippen molar-refractivity contribution in [2.45, 2.75) is 31.6 Å². The van der Waals surface area contributed by atoms with E-state index in [0.29, 0.717) is 31.6 Å². The fraction of sp³-hybridized carbons (Fsp3) is 0.333. The molecule has 1 atom stereocenters. The van der Waals surface area contributed by atoms with Crippen molar-refractivity contribution in [2.75, 3.05) is 13.7 Å². The number of nitrogens with two attached hydrogens (primary N) is 1. The van der Waals surface area contributed by atoms with Gasteiger partial charge in [0.15, 0.2) is 11.6 Å². The molecule has 0 spiro atoms. The summed E-state index contributed by atoms with van der Waals surface area (Å²) < 4.78 is 60.3. The number of nitrogens with zero attached hydrogens (tertiary/aromatic N) is 1. The molecule has 1 fully saturated rings. The van der Waals surface area contributed by atoms with Crippen molar-refractivity contribution in [1.29, 1.82) is 5.41 Å². The number of halogens is 5. The van der Waals surface area contributed by atoms with Gasteiger partial charge < -0.3 is 20.7 Å². The van der Waals surface area contributed by atoms with Gasteiger partial charge >= 0.3 is 24.1 Å². The molecule has 1 aromatic carbocycles. The van der Waals surface area contributed by atoms with Crippen LogP contribution in [0.2, 0.25) is 0 Å². The standard InChI is InChI=1S/C18H18FN3O4S.C2HF3O2.CH3F/c19-12-8-10(16(20)21)3-5-14(12)26-18(25)15-6-4-11(27-15)9-22-7-1-2-13(22)17(23)24;3-2(4,5)1(6)7;1-2/h3-6,8,13H,1-2,7,9H2,(H3,20,21)(H,23,24);(H,6,7);1H3. The Labute approximate surface area is 205 Å². The molecule has 5 N–H and O–H groups in total. The number of esters is 1. The summed E-state index contributed by atoms with van der Waals surface area (Å²) in [5.74, 6) is -5.60. The van der Waals surface area contributed by atoms with Crippen LogP contribution in [-0.2, 0) is 16.1 Å². The van der Waals surface area contributed by atoms with Crippen molar-refractivity contribution >= 4 is 35.1 Å². The van der Waals surface area contributed by atoms with Crippen LogP contribution in [0.25, 0.3) is 0 Å². The van der Waals surface area contributed by atoms with E-state index in [4.69, 9.17) is 25.8 Å². The summed E-state index contributed by atoms with van der Waals surface area (Å²) >= 11 is 1.19. The highest BCUT2D eigenvalue weighted by atomic mass is 32.1. The van der Waals surface area contributed by atoms with Gasteiger partial charge in [-0.25, -0.2) is 14.0 Å². The number of alkyl halides is 4. The number of carbonyl (C=O) groups excluding carboxylic acids is 1. The predicted octanol–water partition coefficient (Wildman–Crippen LogP) is 3.66. The van der Waals surface area contributed by atoms with Gasteiger partial charge in [0.05, 0.1) is 7.18 Å². The molecular formula is C21H22F5N3O6S. The van der Waals surface area contributed by atoms with Crippen LogP contribution in [0, 0.1) is 11.2 Å². The van der Waals surface area contributed by atoms with E-state index in [9.17, 15) is 36.6 Å². The van der Waals surface area contributed by atoms with Crippen molar-refractivity contribution in [1.82, 2.24) is 4.90 Å². The molecule has 198 valence electrons. The van der Waals surface area contributed by atoms with Gasteiger partial charge in [-0.05, 0) is 49.7 Å². The van der Waals surface area contributed by atoms with Gasteiger partial charge in [-0.1, -0.05) is 0 Å². The van der Waals surface area contributed by atoms with Crippen molar-refractivity contribution < 1.29 is 51.3 Å². The quantitative estimate of drug-likeness (QED) is 0.143. The third-order valence-corrected chi connectivity index (χ3v) is 5.61. The van der Waals surface area contributed by atoms with Gasteiger partial charge in [-0.2, -0.15) is 13.2 Å². The van der Waals surface area contributed by atoms with Crippen molar-refractivity contribution in [3.05, 3.63) is 51.5 Å². The lowest BCUT2D eigenvalue weighted by Crippen LogP contribution is -2.35. The highest BCUT2D eigenvalue weighted by Gasteiger charge is 2.38. The SMILES string of the molecule is CF.N=C(N)c1ccc(OC(=O)c2ccc(CN3CCCC3C(=O)O)s2)c(F)c1.O=C(O)C(F)(F)F. The first-order valence-electron chi connectivity index (χ1n) is 9.89. The Kier molecular flexibility index (Phi) is 11.4. The number of hydrogen-bond donors (Lipinski definition) is 4. The Balaban J connectivity index is 0.000000623. The number of carboxylic acid groups (broad SMARTS) is 2. The molecule has 0 aliphatic carbocycles. The molecule has 0 saturated carbocycles. The Hall–Kier alpha value is -3.59. The van der Waals surface area contributed by atoms with Gasteiger partial charge in [-0.3, -0.25) is 19.5 Å². The summed E-state index contributed by atoms with van der Waals surface area (Å²) in [6.07, 6.45) is -3.64. The van der Waals surface area contributed by atoms with Crippen molar-refractivity contribution in [3.8, 4) is 5.75 Å². The number of aliphatic carboxylic acids is 2. The fourth-order valence-corrected chi connectivity index (χ4v) is 3.88. The topological polar surface area (TPSA) is 154 Å². The summed E-state index contributed by atoms with van der Waals surface area (Å²) in [6.45, 7) is 1.14. The number of likely N-dealkylation sites (tertiary alicyclic amines) is 1. The lowest BCUT2D eigenvalue weighted by molar-refractivity contribution is -0.192. The molecule has 2 heterocycles. The Bertz CT molecular complexity index is 1090. The Morgan fingerprint density at radius 3 is 2.31 bits per heavy atom. The number of carboxylic acids is 2. The highest BCUT2D eigenvalue weighted by molar-refractivity contribution is 7.13. The van der Waals surface area contributed by atoms with Crippen LogP contribution in [0.3, 0.4) is 0 Å². The van der Waals surface area contributed by atoms with E-state index in [2.05, 4.69) is 0 Å². The van der Waals surface area contributed by atoms with Crippen LogP contribution < -0.4 is 10.5 Å². The zero-order valence-electron chi connectivity index (χ0n) is 18.6. The molecule has 1 aromatic heterocycles. The minimum atomic E-state index is -5.08. The number of hydrogen-bond acceptors (Lipinski definition) is 7. The van der Waals surface area contributed by atoms with Crippen LogP contribution >= 0.6 is 11.3 Å². The smallest absolute Gasteiger partial charge is 0.480 e. The monoisotopic (exact) mass is 539 g/mol. The van der Waals surface area contributed by atoms with E-state index < -0.39 is 35.9 Å². The number of rotatable bonds is 6. The third-order valence-electron chi connectivity index (χ3n) is 4.56. The van der Waals surface area contributed by atoms with Gasteiger partial charge in [0, 0.05) is 17.0 Å². The molecule has 36 heavy (non-hydrogen) atoms. The molecule has 15 heteroatoms. The molecule has 1 aliphatic rings. The highest BCUT2D eigenvalue weighted by Crippen LogP contribution is 2.26. The van der Waals surface area contributed by atoms with E-state index in [0.717, 1.165) is 17.4 Å². The number of carbonyl (C=O) groups is 3. The lowest BCUT2D eigenvalue weighted by Gasteiger charge is -2.19. The molecule has 0 amide bonds. The summed E-state index contributed by atoms with van der Waals surface area (Å²) in [4.78, 5) is 35.4. The zero-order chi connectivity index (χ0) is 27.6. The Morgan fingerprint density at radius 2 is 1.81 bits per heavy atom. The van der Waals surface area contributed by atoms with Gasteiger partial charge in [0.1, 0.15) is 16.8 Å². The van der Waals surface area contributed by atoms with Crippen LogP contribution in [0.15, 0.2) is 30.3 Å². The van der Waals surface area contributed by atoms with Crippen LogP contribution in [0.4, 0.5) is 22.0 Å². The zero-order valence-corrected chi connectivity index (χ0v) is 19.5. The van der Waals surface area contributed by atoms with Crippen molar-refractivity contribution in [3.63, 3.8) is 0 Å². The van der Waals surface area contributed by atoms with Gasteiger partial charge in [-0.15, -0.1) is 11.3 Å². The first-order valence-corrected chi connectivity index (χ1v) is 10.7. The summed E-state index contributed by atoms with van der Waals surface area (Å²) in [6, 6.07) is 6.50. The summed E-state index contributed by atoms with van der Waals surface area (Å²) in [7, 11) is 0.500. The van der Waals surface area contributed by atoms with Crippen molar-refractivity contribution in [2.24, 2.45) is 5.73 Å². The maximum atomic E-state index is 14.0. The number of amidine groups is 1. The molecule has 1 unspecified atom stereocenters. The van der Waals surface area contributed by atoms with Crippen LogP contribution in [0.5, 0.6) is 5.75 Å². The molecule has 0 bridgehead atoms. The first kappa shape index (κ1) is 30.4. The Morgan fingerprint density at radius 1 is 1.19 bits per heavy atom. The normalized spacial score (nSPS) is 15.1. The minimum Gasteiger partial charge on any atom is -0.480 e. The summed E-state index contributed by atoms with van der Waals surface area (Å²) in [5, 5.41) is 23.6.